The summed E-state index contributed by atoms with van der Waals surface area (Å²) in [5.74, 6) is -2.42. The Morgan fingerprint density at radius 3 is 2.35 bits per heavy atom. The third-order valence-electron chi connectivity index (χ3n) is 2.88. The van der Waals surface area contributed by atoms with Crippen LogP contribution in [0.3, 0.4) is 0 Å². The van der Waals surface area contributed by atoms with Gasteiger partial charge >= 0.3 is 0 Å². The second-order valence-electron chi connectivity index (χ2n) is 4.27. The third-order valence-corrected chi connectivity index (χ3v) is 2.88. The molecule has 2 nitrogen and oxygen atoms in total. The van der Waals surface area contributed by atoms with E-state index in [9.17, 15) is 13.2 Å². The maximum Gasteiger partial charge on any atom is 0.134 e. The molecule has 1 unspecified atom stereocenters. The van der Waals surface area contributed by atoms with Crippen molar-refractivity contribution in [3.8, 4) is 5.75 Å². The largest absolute Gasteiger partial charge is 0.494 e. The molecule has 2 N–H and O–H groups in total. The normalized spacial score (nSPS) is 12.2. The number of rotatable bonds is 4. The van der Waals surface area contributed by atoms with Crippen LogP contribution in [-0.2, 0) is 0 Å². The Labute approximate surface area is 115 Å². The van der Waals surface area contributed by atoms with Crippen molar-refractivity contribution >= 4 is 0 Å². The van der Waals surface area contributed by atoms with E-state index >= 15 is 0 Å². The molecule has 0 spiro atoms. The molecular weight excluding hydrogens is 267 g/mol. The van der Waals surface area contributed by atoms with E-state index in [1.54, 1.807) is 24.3 Å². The lowest BCUT2D eigenvalue weighted by atomic mass is 9.98. The first-order valence-electron chi connectivity index (χ1n) is 6.15. The highest BCUT2D eigenvalue weighted by molar-refractivity contribution is 5.37. The standard InChI is InChI=1S/C15H14F3NO/c1-2-20-11-5-3-4-9(6-11)15(19)14-12(17)7-10(16)8-13(14)18/h3-8,15H,2,19H2,1H3. The summed E-state index contributed by atoms with van der Waals surface area (Å²) in [7, 11) is 0. The van der Waals surface area contributed by atoms with E-state index in [0.29, 0.717) is 30.1 Å². The number of benzene rings is 2. The molecule has 20 heavy (non-hydrogen) atoms. The van der Waals surface area contributed by atoms with E-state index in [4.69, 9.17) is 10.5 Å². The van der Waals surface area contributed by atoms with Crippen molar-refractivity contribution in [3.05, 3.63) is 65.0 Å². The molecule has 106 valence electrons. The quantitative estimate of drug-likeness (QED) is 0.930. The Bertz CT molecular complexity index is 593. The van der Waals surface area contributed by atoms with Crippen molar-refractivity contribution in [2.24, 2.45) is 5.73 Å². The van der Waals surface area contributed by atoms with Gasteiger partial charge in [0.1, 0.15) is 23.2 Å². The van der Waals surface area contributed by atoms with Crippen LogP contribution < -0.4 is 10.5 Å². The van der Waals surface area contributed by atoms with Gasteiger partial charge in [0.2, 0.25) is 0 Å². The Kier molecular flexibility index (Phi) is 4.29. The van der Waals surface area contributed by atoms with Gasteiger partial charge in [-0.2, -0.15) is 0 Å². The van der Waals surface area contributed by atoms with Crippen molar-refractivity contribution < 1.29 is 17.9 Å². The SMILES string of the molecule is CCOc1cccc(C(N)c2c(F)cc(F)cc2F)c1. The molecule has 0 bridgehead atoms. The Balaban J connectivity index is 2.41. The highest BCUT2D eigenvalue weighted by Gasteiger charge is 2.20. The van der Waals surface area contributed by atoms with Gasteiger partial charge in [0.25, 0.3) is 0 Å². The number of ether oxygens (including phenoxy) is 1. The van der Waals surface area contributed by atoms with E-state index in [1.165, 1.54) is 0 Å². The molecule has 0 radical (unpaired) electrons. The molecule has 1 atom stereocenters. The van der Waals surface area contributed by atoms with Crippen molar-refractivity contribution in [2.75, 3.05) is 6.61 Å². The summed E-state index contributed by atoms with van der Waals surface area (Å²) in [5.41, 5.74) is 6.00. The van der Waals surface area contributed by atoms with E-state index in [1.807, 2.05) is 6.92 Å². The predicted molar refractivity (Wildman–Crippen MR) is 70.0 cm³/mol. The van der Waals surface area contributed by atoms with Crippen molar-refractivity contribution in [3.63, 3.8) is 0 Å². The third kappa shape index (κ3) is 2.93. The van der Waals surface area contributed by atoms with Gasteiger partial charge in [0.05, 0.1) is 12.6 Å². The minimum atomic E-state index is -1.03. The summed E-state index contributed by atoms with van der Waals surface area (Å²) in [6, 6.07) is 6.84. The minimum absolute atomic E-state index is 0.361. The Hall–Kier alpha value is -2.01. The second-order valence-corrected chi connectivity index (χ2v) is 4.27. The molecule has 0 saturated carbocycles. The summed E-state index contributed by atoms with van der Waals surface area (Å²) >= 11 is 0. The Morgan fingerprint density at radius 2 is 1.75 bits per heavy atom. The summed E-state index contributed by atoms with van der Waals surface area (Å²) < 4.78 is 45.6. The molecule has 0 saturated heterocycles. The maximum atomic E-state index is 13.7. The summed E-state index contributed by atoms with van der Waals surface area (Å²) in [6.45, 7) is 2.30. The second kappa shape index (κ2) is 5.96. The molecule has 2 aromatic rings. The first kappa shape index (κ1) is 14.4. The van der Waals surface area contributed by atoms with Crippen LogP contribution in [-0.4, -0.2) is 6.61 Å². The number of nitrogens with two attached hydrogens (primary N) is 1. The van der Waals surface area contributed by atoms with Gasteiger partial charge in [-0.25, -0.2) is 13.2 Å². The molecule has 0 aliphatic rings. The van der Waals surface area contributed by atoms with Gasteiger partial charge in [-0.3, -0.25) is 0 Å². The zero-order valence-electron chi connectivity index (χ0n) is 10.9. The van der Waals surface area contributed by atoms with Crippen LogP contribution in [0.25, 0.3) is 0 Å². The summed E-state index contributed by atoms with van der Waals surface area (Å²) in [4.78, 5) is 0. The number of hydrogen-bond acceptors (Lipinski definition) is 2. The average Bonchev–Trinajstić information content (AvgIpc) is 2.38. The number of hydrogen-bond donors (Lipinski definition) is 1. The lowest BCUT2D eigenvalue weighted by Gasteiger charge is -2.15. The zero-order chi connectivity index (χ0) is 14.7. The van der Waals surface area contributed by atoms with Crippen LogP contribution in [0.4, 0.5) is 13.2 Å². The molecule has 0 aliphatic heterocycles. The first-order valence-corrected chi connectivity index (χ1v) is 6.15. The smallest absolute Gasteiger partial charge is 0.134 e. The van der Waals surface area contributed by atoms with Crippen LogP contribution in [0.5, 0.6) is 5.75 Å². The van der Waals surface area contributed by atoms with E-state index in [0.717, 1.165) is 0 Å². The van der Waals surface area contributed by atoms with E-state index in [2.05, 4.69) is 0 Å². The average molecular weight is 281 g/mol. The summed E-state index contributed by atoms with van der Waals surface area (Å²) in [5, 5.41) is 0. The van der Waals surface area contributed by atoms with Gasteiger partial charge in [-0.1, -0.05) is 12.1 Å². The molecule has 2 rings (SSSR count). The van der Waals surface area contributed by atoms with Crippen LogP contribution in [0, 0.1) is 17.5 Å². The van der Waals surface area contributed by atoms with Crippen molar-refractivity contribution in [1.29, 1.82) is 0 Å². The Morgan fingerprint density at radius 1 is 1.10 bits per heavy atom. The highest BCUT2D eigenvalue weighted by atomic mass is 19.1. The predicted octanol–water partition coefficient (Wildman–Crippen LogP) is 3.55. The van der Waals surface area contributed by atoms with Gasteiger partial charge in [-0.15, -0.1) is 0 Å². The zero-order valence-corrected chi connectivity index (χ0v) is 10.9. The van der Waals surface area contributed by atoms with Crippen LogP contribution in [0.1, 0.15) is 24.1 Å². The monoisotopic (exact) mass is 281 g/mol. The highest BCUT2D eigenvalue weighted by Crippen LogP contribution is 2.27. The van der Waals surface area contributed by atoms with Crippen LogP contribution in [0.15, 0.2) is 36.4 Å². The topological polar surface area (TPSA) is 35.2 Å². The molecule has 5 heteroatoms. The first-order chi connectivity index (χ1) is 9.52. The molecule has 2 aromatic carbocycles. The van der Waals surface area contributed by atoms with Gasteiger partial charge in [0.15, 0.2) is 0 Å². The lowest BCUT2D eigenvalue weighted by Crippen LogP contribution is -2.16. The molecule has 0 amide bonds. The van der Waals surface area contributed by atoms with E-state index in [-0.39, 0.29) is 5.56 Å². The van der Waals surface area contributed by atoms with Crippen LogP contribution >= 0.6 is 0 Å². The molecular formula is C15H14F3NO. The lowest BCUT2D eigenvalue weighted by molar-refractivity contribution is 0.339. The van der Waals surface area contributed by atoms with Gasteiger partial charge < -0.3 is 10.5 Å². The molecule has 0 heterocycles. The minimum Gasteiger partial charge on any atom is -0.494 e. The van der Waals surface area contributed by atoms with Gasteiger partial charge in [-0.05, 0) is 24.6 Å². The van der Waals surface area contributed by atoms with Crippen molar-refractivity contribution in [1.82, 2.24) is 0 Å². The number of halogens is 3. The van der Waals surface area contributed by atoms with Gasteiger partial charge in [0, 0.05) is 17.7 Å². The fourth-order valence-corrected chi connectivity index (χ4v) is 1.98. The van der Waals surface area contributed by atoms with Crippen LogP contribution in [0.2, 0.25) is 0 Å². The molecule has 0 aromatic heterocycles. The molecule has 0 aliphatic carbocycles. The fourth-order valence-electron chi connectivity index (χ4n) is 1.98. The maximum absolute atomic E-state index is 13.7. The molecule has 0 fully saturated rings. The van der Waals surface area contributed by atoms with Crippen molar-refractivity contribution in [2.45, 2.75) is 13.0 Å². The fraction of sp³-hybridized carbons (Fsp3) is 0.200. The summed E-state index contributed by atoms with van der Waals surface area (Å²) in [6.07, 6.45) is 0. The van der Waals surface area contributed by atoms with E-state index < -0.39 is 23.5 Å².